The summed E-state index contributed by atoms with van der Waals surface area (Å²) in [5, 5.41) is 0. The smallest absolute Gasteiger partial charge is 0.233 e. The molecule has 110 valence electrons. The summed E-state index contributed by atoms with van der Waals surface area (Å²) in [6, 6.07) is 9.82. The number of hydrogen-bond acceptors (Lipinski definition) is 2. The summed E-state index contributed by atoms with van der Waals surface area (Å²) in [4.78, 5) is 14.4. The van der Waals surface area contributed by atoms with Crippen LogP contribution in [0.5, 0.6) is 5.75 Å². The lowest BCUT2D eigenvalue weighted by atomic mass is 10.00. The fraction of sp³-hybridized carbons (Fsp3) is 0.312. The molecule has 3 rings (SSSR count). The molecule has 2 heterocycles. The first-order valence-electron chi connectivity index (χ1n) is 6.83. The van der Waals surface area contributed by atoms with E-state index in [1.165, 1.54) is 0 Å². The molecule has 0 aliphatic carbocycles. The average molecular weight is 349 g/mol. The van der Waals surface area contributed by atoms with Crippen LogP contribution in [-0.2, 0) is 18.4 Å². The van der Waals surface area contributed by atoms with Gasteiger partial charge in [-0.25, -0.2) is 0 Å². The lowest BCUT2D eigenvalue weighted by Crippen LogP contribution is -2.32. The van der Waals surface area contributed by atoms with E-state index in [1.54, 1.807) is 4.90 Å². The maximum Gasteiger partial charge on any atom is 0.233 e. The number of benzene rings is 1. The third-order valence-electron chi connectivity index (χ3n) is 3.88. The predicted octanol–water partition coefficient (Wildman–Crippen LogP) is 2.92. The van der Waals surface area contributed by atoms with E-state index in [2.05, 4.69) is 15.9 Å². The quantitative estimate of drug-likeness (QED) is 0.854. The van der Waals surface area contributed by atoms with Gasteiger partial charge in [0, 0.05) is 36.0 Å². The molecular formula is C16H17BrN2O2. The summed E-state index contributed by atoms with van der Waals surface area (Å²) < 4.78 is 8.62. The minimum Gasteiger partial charge on any atom is -0.492 e. The van der Waals surface area contributed by atoms with Crippen LogP contribution in [0.2, 0.25) is 0 Å². The molecule has 1 aliphatic rings. The third-order valence-corrected chi connectivity index (χ3v) is 4.37. The molecule has 0 radical (unpaired) electrons. The maximum atomic E-state index is 12.7. The summed E-state index contributed by atoms with van der Waals surface area (Å²) in [5.74, 6) is 0.680. The molecule has 1 aromatic carbocycles. The Balaban J connectivity index is 1.78. The van der Waals surface area contributed by atoms with Crippen molar-refractivity contribution in [2.45, 2.75) is 12.5 Å². The maximum absolute atomic E-state index is 12.7. The number of likely N-dealkylation sites (N-methyl/N-ethyl adjacent to an activating group) is 1. The highest BCUT2D eigenvalue weighted by atomic mass is 79.9. The van der Waals surface area contributed by atoms with Crippen molar-refractivity contribution in [1.82, 2.24) is 9.47 Å². The van der Waals surface area contributed by atoms with E-state index in [9.17, 15) is 4.79 Å². The number of ether oxygens (including phenoxy) is 1. The first-order chi connectivity index (χ1) is 10.1. The number of fused-ring (bicyclic) bond motifs is 1. The third kappa shape index (κ3) is 2.70. The van der Waals surface area contributed by atoms with E-state index >= 15 is 0 Å². The van der Waals surface area contributed by atoms with Crippen molar-refractivity contribution < 1.29 is 9.53 Å². The van der Waals surface area contributed by atoms with Crippen molar-refractivity contribution in [2.24, 2.45) is 7.05 Å². The van der Waals surface area contributed by atoms with Crippen LogP contribution in [0, 0.1) is 0 Å². The molecule has 1 amide bonds. The Labute approximate surface area is 132 Å². The second-order valence-electron chi connectivity index (χ2n) is 5.35. The number of nitrogens with zero attached hydrogens (tertiary/aromatic N) is 2. The van der Waals surface area contributed by atoms with E-state index in [0.717, 1.165) is 21.5 Å². The second kappa shape index (κ2) is 5.56. The van der Waals surface area contributed by atoms with Crippen LogP contribution in [-0.4, -0.2) is 29.0 Å². The molecule has 0 N–H and O–H groups in total. The highest BCUT2D eigenvalue weighted by molar-refractivity contribution is 9.10. The Kier molecular flexibility index (Phi) is 3.76. The molecule has 5 heteroatoms. The average Bonchev–Trinajstić information content (AvgIpc) is 3.04. The number of halogens is 1. The number of aryl methyl sites for hydroxylation is 1. The van der Waals surface area contributed by atoms with Crippen molar-refractivity contribution in [3.63, 3.8) is 0 Å². The first-order valence-corrected chi connectivity index (χ1v) is 7.63. The zero-order valence-corrected chi connectivity index (χ0v) is 13.6. The monoisotopic (exact) mass is 348 g/mol. The van der Waals surface area contributed by atoms with Gasteiger partial charge in [-0.05, 0) is 30.3 Å². The Bertz CT molecular complexity index is 681. The second-order valence-corrected chi connectivity index (χ2v) is 6.27. The summed E-state index contributed by atoms with van der Waals surface area (Å²) in [6.45, 7) is 1.02. The van der Waals surface area contributed by atoms with Crippen molar-refractivity contribution >= 4 is 21.8 Å². The zero-order valence-electron chi connectivity index (χ0n) is 12.0. The molecule has 0 bridgehead atoms. The molecule has 0 saturated carbocycles. The lowest BCUT2D eigenvalue weighted by Gasteiger charge is -2.21. The van der Waals surface area contributed by atoms with Gasteiger partial charge in [0.1, 0.15) is 18.3 Å². The summed E-state index contributed by atoms with van der Waals surface area (Å²) in [6.07, 6.45) is 1.98. The normalized spacial score (nSPS) is 16.4. The molecule has 0 unspecified atom stereocenters. The van der Waals surface area contributed by atoms with Crippen LogP contribution in [0.25, 0.3) is 0 Å². The molecule has 1 atom stereocenters. The number of amides is 1. The molecule has 21 heavy (non-hydrogen) atoms. The van der Waals surface area contributed by atoms with Crippen LogP contribution in [0.4, 0.5) is 0 Å². The Morgan fingerprint density at radius 2 is 2.29 bits per heavy atom. The summed E-state index contributed by atoms with van der Waals surface area (Å²) in [5.41, 5.74) is 2.08. The van der Waals surface area contributed by atoms with Crippen LogP contribution in [0.15, 0.2) is 41.0 Å². The standard InChI is InChI=1S/C16H17BrN2O2/c1-18-7-3-4-12(18)9-19(2)16(20)14-10-21-15-6-5-11(17)8-13(14)15/h3-8,14H,9-10H2,1-2H3/t14-/m1/s1. The van der Waals surface area contributed by atoms with Gasteiger partial charge in [-0.3, -0.25) is 4.79 Å². The minimum absolute atomic E-state index is 0.0908. The van der Waals surface area contributed by atoms with Crippen molar-refractivity contribution in [1.29, 1.82) is 0 Å². The zero-order chi connectivity index (χ0) is 15.0. The summed E-state index contributed by atoms with van der Waals surface area (Å²) in [7, 11) is 3.82. The van der Waals surface area contributed by atoms with E-state index in [-0.39, 0.29) is 11.8 Å². The molecule has 0 spiro atoms. The molecule has 0 saturated heterocycles. The molecule has 1 aliphatic heterocycles. The Hall–Kier alpha value is -1.75. The van der Waals surface area contributed by atoms with Gasteiger partial charge in [-0.2, -0.15) is 0 Å². The number of carbonyl (C=O) groups is 1. The van der Waals surface area contributed by atoms with Crippen molar-refractivity contribution in [3.05, 3.63) is 52.3 Å². The largest absolute Gasteiger partial charge is 0.492 e. The van der Waals surface area contributed by atoms with Gasteiger partial charge in [0.25, 0.3) is 0 Å². The first kappa shape index (κ1) is 14.2. The van der Waals surface area contributed by atoms with E-state index in [0.29, 0.717) is 13.2 Å². The lowest BCUT2D eigenvalue weighted by molar-refractivity contribution is -0.132. The molecule has 1 aromatic heterocycles. The highest BCUT2D eigenvalue weighted by Gasteiger charge is 2.32. The van der Waals surface area contributed by atoms with Gasteiger partial charge in [0.2, 0.25) is 5.91 Å². The molecule has 2 aromatic rings. The molecule has 4 nitrogen and oxygen atoms in total. The fourth-order valence-corrected chi connectivity index (χ4v) is 3.02. The van der Waals surface area contributed by atoms with E-state index in [4.69, 9.17) is 4.74 Å². The number of rotatable bonds is 3. The fourth-order valence-electron chi connectivity index (χ4n) is 2.64. The van der Waals surface area contributed by atoms with Gasteiger partial charge in [-0.15, -0.1) is 0 Å². The Morgan fingerprint density at radius 3 is 3.00 bits per heavy atom. The number of aromatic nitrogens is 1. The van der Waals surface area contributed by atoms with Crippen LogP contribution < -0.4 is 4.74 Å². The topological polar surface area (TPSA) is 34.5 Å². The van der Waals surface area contributed by atoms with Gasteiger partial charge < -0.3 is 14.2 Å². The van der Waals surface area contributed by atoms with Gasteiger partial charge >= 0.3 is 0 Å². The van der Waals surface area contributed by atoms with Crippen molar-refractivity contribution in [3.8, 4) is 5.75 Å². The van der Waals surface area contributed by atoms with Crippen LogP contribution in [0.3, 0.4) is 0 Å². The van der Waals surface area contributed by atoms with Gasteiger partial charge in [0.15, 0.2) is 0 Å². The predicted molar refractivity (Wildman–Crippen MR) is 84.3 cm³/mol. The summed E-state index contributed by atoms with van der Waals surface area (Å²) >= 11 is 3.45. The van der Waals surface area contributed by atoms with Crippen LogP contribution in [0.1, 0.15) is 17.2 Å². The van der Waals surface area contributed by atoms with E-state index < -0.39 is 0 Å². The van der Waals surface area contributed by atoms with Gasteiger partial charge in [0.05, 0.1) is 6.54 Å². The van der Waals surface area contributed by atoms with Gasteiger partial charge in [-0.1, -0.05) is 15.9 Å². The SMILES string of the molecule is CN(Cc1cccn1C)C(=O)[C@@H]1COc2ccc(Br)cc21. The van der Waals surface area contributed by atoms with Crippen LogP contribution >= 0.6 is 15.9 Å². The Morgan fingerprint density at radius 1 is 1.48 bits per heavy atom. The van der Waals surface area contributed by atoms with E-state index in [1.807, 2.05) is 55.2 Å². The number of hydrogen-bond donors (Lipinski definition) is 0. The molecule has 0 fully saturated rings. The number of carbonyl (C=O) groups excluding carboxylic acids is 1. The highest BCUT2D eigenvalue weighted by Crippen LogP contribution is 2.36. The molecular weight excluding hydrogens is 332 g/mol. The minimum atomic E-state index is -0.220. The van der Waals surface area contributed by atoms with Crippen molar-refractivity contribution in [2.75, 3.05) is 13.7 Å².